The number of hydrogen-bond acceptors (Lipinski definition) is 4. The molecule has 0 radical (unpaired) electrons. The van der Waals surface area contributed by atoms with Crippen LogP contribution in [0.1, 0.15) is 31.7 Å². The van der Waals surface area contributed by atoms with Crippen molar-refractivity contribution in [1.82, 2.24) is 21.3 Å². The predicted octanol–water partition coefficient (Wildman–Crippen LogP) is 1.78. The molecule has 0 spiro atoms. The summed E-state index contributed by atoms with van der Waals surface area (Å²) in [7, 11) is 0. The lowest BCUT2D eigenvalue weighted by Crippen LogP contribution is -2.30. The second kappa shape index (κ2) is 15.9. The first-order chi connectivity index (χ1) is 11.4. The molecular weight excluding hydrogens is 284 g/mol. The first kappa shape index (κ1) is 20.1. The highest BCUT2D eigenvalue weighted by molar-refractivity contribution is 5.14. The van der Waals surface area contributed by atoms with E-state index < -0.39 is 0 Å². The Kier molecular flexibility index (Phi) is 13.9. The maximum Gasteiger partial charge on any atom is 0.00768 e. The van der Waals surface area contributed by atoms with Gasteiger partial charge in [-0.15, -0.1) is 0 Å². The molecule has 0 aliphatic carbocycles. The lowest BCUT2D eigenvalue weighted by atomic mass is 10.1. The normalized spacial score (nSPS) is 11.0. The molecule has 1 aromatic carbocycles. The highest BCUT2D eigenvalue weighted by atomic mass is 14.9. The van der Waals surface area contributed by atoms with Crippen molar-refractivity contribution in [3.63, 3.8) is 0 Å². The van der Waals surface area contributed by atoms with Gasteiger partial charge < -0.3 is 21.3 Å². The molecule has 132 valence electrons. The summed E-state index contributed by atoms with van der Waals surface area (Å²) < 4.78 is 0. The van der Waals surface area contributed by atoms with Crippen molar-refractivity contribution in [3.8, 4) is 0 Å². The zero-order valence-electron chi connectivity index (χ0n) is 14.9. The molecule has 0 aliphatic rings. The second-order valence-corrected chi connectivity index (χ2v) is 5.90. The molecule has 4 nitrogen and oxygen atoms in total. The molecule has 0 atom stereocenters. The molecular formula is C19H36N4. The van der Waals surface area contributed by atoms with Crippen LogP contribution >= 0.6 is 0 Å². The maximum absolute atomic E-state index is 3.51. The first-order valence-corrected chi connectivity index (χ1v) is 9.30. The van der Waals surface area contributed by atoms with Gasteiger partial charge in [0.2, 0.25) is 0 Å². The second-order valence-electron chi connectivity index (χ2n) is 5.90. The van der Waals surface area contributed by atoms with Crippen LogP contribution in [0.25, 0.3) is 0 Å². The minimum atomic E-state index is 1.05. The Hall–Kier alpha value is -0.940. The van der Waals surface area contributed by atoms with Gasteiger partial charge in [-0.25, -0.2) is 0 Å². The van der Waals surface area contributed by atoms with E-state index in [0.717, 1.165) is 58.8 Å². The third-order valence-corrected chi connectivity index (χ3v) is 3.83. The molecule has 1 aromatic rings. The largest absolute Gasteiger partial charge is 0.317 e. The van der Waals surface area contributed by atoms with E-state index in [-0.39, 0.29) is 0 Å². The van der Waals surface area contributed by atoms with E-state index >= 15 is 0 Å². The van der Waals surface area contributed by atoms with Crippen LogP contribution in [0.3, 0.4) is 0 Å². The van der Waals surface area contributed by atoms with E-state index in [4.69, 9.17) is 0 Å². The molecule has 0 unspecified atom stereocenters. The van der Waals surface area contributed by atoms with Gasteiger partial charge >= 0.3 is 0 Å². The third kappa shape index (κ3) is 13.2. The number of nitrogens with one attached hydrogen (secondary N) is 4. The first-order valence-electron chi connectivity index (χ1n) is 9.30. The molecule has 23 heavy (non-hydrogen) atoms. The molecule has 0 saturated carbocycles. The van der Waals surface area contributed by atoms with E-state index in [1.807, 2.05) is 0 Å². The Morgan fingerprint density at radius 3 is 1.87 bits per heavy atom. The van der Waals surface area contributed by atoms with Crippen LogP contribution < -0.4 is 21.3 Å². The van der Waals surface area contributed by atoms with E-state index in [0.29, 0.717) is 0 Å². The highest BCUT2D eigenvalue weighted by Gasteiger charge is 1.93. The van der Waals surface area contributed by atoms with Crippen molar-refractivity contribution in [3.05, 3.63) is 35.9 Å². The molecule has 4 heteroatoms. The van der Waals surface area contributed by atoms with Gasteiger partial charge in [0, 0.05) is 13.1 Å². The molecule has 0 heterocycles. The Morgan fingerprint density at radius 1 is 0.609 bits per heavy atom. The molecule has 0 saturated heterocycles. The van der Waals surface area contributed by atoms with Crippen LogP contribution in [-0.4, -0.2) is 52.4 Å². The van der Waals surface area contributed by atoms with Crippen LogP contribution in [0.5, 0.6) is 0 Å². The van der Waals surface area contributed by atoms with E-state index in [1.165, 1.54) is 24.8 Å². The quantitative estimate of drug-likeness (QED) is 0.351. The zero-order chi connectivity index (χ0) is 16.4. The van der Waals surface area contributed by atoms with Gasteiger partial charge in [0.1, 0.15) is 0 Å². The van der Waals surface area contributed by atoms with Crippen LogP contribution in [0.2, 0.25) is 0 Å². The SMILES string of the molecule is CCNCCCCNCCCNCCNCCc1ccccc1. The van der Waals surface area contributed by atoms with Crippen molar-refractivity contribution in [2.75, 3.05) is 52.4 Å². The third-order valence-electron chi connectivity index (χ3n) is 3.83. The fourth-order valence-electron chi connectivity index (χ4n) is 2.44. The number of rotatable bonds is 16. The highest BCUT2D eigenvalue weighted by Crippen LogP contribution is 1.97. The van der Waals surface area contributed by atoms with E-state index in [2.05, 4.69) is 58.5 Å². The summed E-state index contributed by atoms with van der Waals surface area (Å²) >= 11 is 0. The van der Waals surface area contributed by atoms with Crippen molar-refractivity contribution in [2.45, 2.75) is 32.6 Å². The van der Waals surface area contributed by atoms with Gasteiger partial charge in [-0.1, -0.05) is 37.3 Å². The van der Waals surface area contributed by atoms with Gasteiger partial charge in [0.15, 0.2) is 0 Å². The van der Waals surface area contributed by atoms with Crippen molar-refractivity contribution in [1.29, 1.82) is 0 Å². The molecule has 0 fully saturated rings. The number of unbranched alkanes of at least 4 members (excludes halogenated alkanes) is 1. The minimum Gasteiger partial charge on any atom is -0.317 e. The summed E-state index contributed by atoms with van der Waals surface area (Å²) in [6.45, 7) is 10.9. The summed E-state index contributed by atoms with van der Waals surface area (Å²) in [6, 6.07) is 10.7. The Balaban J connectivity index is 1.72. The Bertz CT molecular complexity index is 342. The Morgan fingerprint density at radius 2 is 1.17 bits per heavy atom. The summed E-state index contributed by atoms with van der Waals surface area (Å²) in [5.74, 6) is 0. The molecule has 1 rings (SSSR count). The molecule has 0 bridgehead atoms. The number of hydrogen-bond donors (Lipinski definition) is 4. The van der Waals surface area contributed by atoms with Crippen LogP contribution in [0, 0.1) is 0 Å². The average molecular weight is 321 g/mol. The van der Waals surface area contributed by atoms with Crippen LogP contribution in [-0.2, 0) is 6.42 Å². The van der Waals surface area contributed by atoms with Crippen LogP contribution in [0.15, 0.2) is 30.3 Å². The standard InChI is InChI=1S/C19H36N4/c1-2-20-12-6-7-13-21-14-8-15-22-17-18-23-16-11-19-9-4-3-5-10-19/h3-5,9-10,20-23H,2,6-8,11-18H2,1H3. The molecule has 0 aromatic heterocycles. The Labute approximate surface area is 142 Å². The monoisotopic (exact) mass is 320 g/mol. The van der Waals surface area contributed by atoms with Crippen LogP contribution in [0.4, 0.5) is 0 Å². The van der Waals surface area contributed by atoms with Crippen molar-refractivity contribution >= 4 is 0 Å². The fourth-order valence-corrected chi connectivity index (χ4v) is 2.44. The van der Waals surface area contributed by atoms with Gasteiger partial charge in [0.25, 0.3) is 0 Å². The lowest BCUT2D eigenvalue weighted by Gasteiger charge is -2.08. The van der Waals surface area contributed by atoms with Gasteiger partial charge in [0.05, 0.1) is 0 Å². The lowest BCUT2D eigenvalue weighted by molar-refractivity contribution is 0.554. The fraction of sp³-hybridized carbons (Fsp3) is 0.684. The van der Waals surface area contributed by atoms with Gasteiger partial charge in [-0.3, -0.25) is 0 Å². The predicted molar refractivity (Wildman–Crippen MR) is 101 cm³/mol. The molecule has 0 aliphatic heterocycles. The molecule has 0 amide bonds. The number of benzene rings is 1. The molecule has 4 N–H and O–H groups in total. The van der Waals surface area contributed by atoms with Crippen molar-refractivity contribution < 1.29 is 0 Å². The van der Waals surface area contributed by atoms with Gasteiger partial charge in [-0.05, 0) is 70.5 Å². The minimum absolute atomic E-state index is 1.05. The summed E-state index contributed by atoms with van der Waals surface area (Å²) in [5, 5.41) is 13.8. The van der Waals surface area contributed by atoms with E-state index in [1.54, 1.807) is 0 Å². The zero-order valence-corrected chi connectivity index (χ0v) is 14.9. The summed E-state index contributed by atoms with van der Waals surface area (Å²) in [6.07, 6.45) is 4.86. The summed E-state index contributed by atoms with van der Waals surface area (Å²) in [5.41, 5.74) is 1.41. The van der Waals surface area contributed by atoms with Gasteiger partial charge in [-0.2, -0.15) is 0 Å². The van der Waals surface area contributed by atoms with E-state index in [9.17, 15) is 0 Å². The smallest absolute Gasteiger partial charge is 0.00768 e. The topological polar surface area (TPSA) is 48.1 Å². The maximum atomic E-state index is 3.51. The summed E-state index contributed by atoms with van der Waals surface area (Å²) in [4.78, 5) is 0. The van der Waals surface area contributed by atoms with Crippen molar-refractivity contribution in [2.24, 2.45) is 0 Å². The average Bonchev–Trinajstić information content (AvgIpc) is 2.59.